The van der Waals surface area contributed by atoms with Crippen LogP contribution in [0.3, 0.4) is 0 Å². The second kappa shape index (κ2) is 3.73. The van der Waals surface area contributed by atoms with Crippen LogP contribution in [-0.2, 0) is 0 Å². The summed E-state index contributed by atoms with van der Waals surface area (Å²) < 4.78 is 0. The number of halogens is 1. The minimum absolute atomic E-state index is 0.408. The minimum atomic E-state index is -0.695. The third kappa shape index (κ3) is 1.68. The summed E-state index contributed by atoms with van der Waals surface area (Å²) in [6.45, 7) is 0.815. The molecule has 1 fully saturated rings. The summed E-state index contributed by atoms with van der Waals surface area (Å²) in [5.41, 5.74) is 0.803. The molecule has 2 atom stereocenters. The standard InChI is InChI=1S/C9H11ClN2O2/c10-6-3-11-2-1-7(6)12-4-8(13)9(14)5-12/h1-3,8-9,13-14H,4-5H2. The van der Waals surface area contributed by atoms with E-state index in [0.717, 1.165) is 5.69 Å². The van der Waals surface area contributed by atoms with Crippen molar-refractivity contribution in [3.63, 3.8) is 0 Å². The Morgan fingerprint density at radius 3 is 2.57 bits per heavy atom. The molecule has 2 unspecified atom stereocenters. The van der Waals surface area contributed by atoms with Crippen LogP contribution in [0.1, 0.15) is 0 Å². The monoisotopic (exact) mass is 214 g/mol. The van der Waals surface area contributed by atoms with Crippen LogP contribution in [0.5, 0.6) is 0 Å². The largest absolute Gasteiger partial charge is 0.389 e. The molecular formula is C9H11ClN2O2. The van der Waals surface area contributed by atoms with Crippen LogP contribution in [0.25, 0.3) is 0 Å². The maximum Gasteiger partial charge on any atom is 0.0990 e. The first-order valence-corrected chi connectivity index (χ1v) is 4.77. The van der Waals surface area contributed by atoms with Crippen molar-refractivity contribution in [3.05, 3.63) is 23.5 Å². The molecule has 2 heterocycles. The van der Waals surface area contributed by atoms with Gasteiger partial charge in [-0.25, -0.2) is 0 Å². The Morgan fingerprint density at radius 1 is 1.36 bits per heavy atom. The maximum absolute atomic E-state index is 9.37. The van der Waals surface area contributed by atoms with E-state index in [1.165, 1.54) is 0 Å². The van der Waals surface area contributed by atoms with Gasteiger partial charge < -0.3 is 15.1 Å². The average molecular weight is 215 g/mol. The molecule has 4 nitrogen and oxygen atoms in total. The van der Waals surface area contributed by atoms with Crippen LogP contribution in [0.15, 0.2) is 18.5 Å². The summed E-state index contributed by atoms with van der Waals surface area (Å²) in [5, 5.41) is 19.3. The molecule has 2 N–H and O–H groups in total. The lowest BCUT2D eigenvalue weighted by Crippen LogP contribution is -2.22. The first-order chi connectivity index (χ1) is 6.68. The molecule has 5 heteroatoms. The zero-order chi connectivity index (χ0) is 10.1. The van der Waals surface area contributed by atoms with Crippen molar-refractivity contribution in [2.45, 2.75) is 12.2 Å². The molecule has 0 radical (unpaired) electrons. The molecule has 0 aliphatic carbocycles. The smallest absolute Gasteiger partial charge is 0.0990 e. The number of anilines is 1. The number of rotatable bonds is 1. The summed E-state index contributed by atoms with van der Waals surface area (Å²) in [4.78, 5) is 5.72. The van der Waals surface area contributed by atoms with Gasteiger partial charge in [-0.3, -0.25) is 4.98 Å². The Labute approximate surface area is 86.8 Å². The highest BCUT2D eigenvalue weighted by Crippen LogP contribution is 2.27. The van der Waals surface area contributed by atoms with Crippen molar-refractivity contribution in [2.24, 2.45) is 0 Å². The van der Waals surface area contributed by atoms with Gasteiger partial charge in [-0.1, -0.05) is 11.6 Å². The van der Waals surface area contributed by atoms with Crippen LogP contribution >= 0.6 is 11.6 Å². The number of hydrogen-bond acceptors (Lipinski definition) is 4. The molecule has 1 aromatic heterocycles. The van der Waals surface area contributed by atoms with Gasteiger partial charge in [0.1, 0.15) is 0 Å². The molecule has 1 aromatic rings. The predicted molar refractivity (Wildman–Crippen MR) is 53.5 cm³/mol. The summed E-state index contributed by atoms with van der Waals surface area (Å²) in [5.74, 6) is 0. The van der Waals surface area contributed by atoms with Gasteiger partial charge in [-0.15, -0.1) is 0 Å². The van der Waals surface area contributed by atoms with Gasteiger partial charge in [0, 0.05) is 25.5 Å². The van der Waals surface area contributed by atoms with Crippen LogP contribution in [0.4, 0.5) is 5.69 Å². The lowest BCUT2D eigenvalue weighted by Gasteiger charge is -2.18. The van der Waals surface area contributed by atoms with E-state index in [1.54, 1.807) is 18.5 Å². The number of β-amino-alcohol motifs (C(OH)–C–C–N with tert-alkyl or cyclic N) is 2. The second-order valence-electron chi connectivity index (χ2n) is 3.37. The van der Waals surface area contributed by atoms with Gasteiger partial charge in [0.2, 0.25) is 0 Å². The highest BCUT2D eigenvalue weighted by molar-refractivity contribution is 6.33. The van der Waals surface area contributed by atoms with E-state index in [-0.39, 0.29) is 0 Å². The number of pyridine rings is 1. The van der Waals surface area contributed by atoms with Crippen molar-refractivity contribution in [3.8, 4) is 0 Å². The fourth-order valence-corrected chi connectivity index (χ4v) is 1.83. The van der Waals surface area contributed by atoms with Gasteiger partial charge in [0.05, 0.1) is 22.9 Å². The lowest BCUT2D eigenvalue weighted by molar-refractivity contribution is 0.0572. The Morgan fingerprint density at radius 2 is 2.00 bits per heavy atom. The Balaban J connectivity index is 2.21. The van der Waals surface area contributed by atoms with Gasteiger partial charge in [-0.05, 0) is 6.07 Å². The highest BCUT2D eigenvalue weighted by Gasteiger charge is 2.30. The van der Waals surface area contributed by atoms with E-state index in [4.69, 9.17) is 11.6 Å². The molecule has 1 saturated heterocycles. The van der Waals surface area contributed by atoms with E-state index in [2.05, 4.69) is 4.98 Å². The van der Waals surface area contributed by atoms with Crippen molar-refractivity contribution in [2.75, 3.05) is 18.0 Å². The van der Waals surface area contributed by atoms with Crippen molar-refractivity contribution >= 4 is 17.3 Å². The Bertz CT molecular complexity index is 324. The first-order valence-electron chi connectivity index (χ1n) is 4.39. The molecule has 0 spiro atoms. The summed E-state index contributed by atoms with van der Waals surface area (Å²) >= 11 is 5.93. The number of aromatic nitrogens is 1. The van der Waals surface area contributed by atoms with Crippen LogP contribution < -0.4 is 4.90 Å². The molecule has 1 aliphatic rings. The SMILES string of the molecule is OC1CN(c2ccncc2Cl)CC1O. The molecule has 0 aromatic carbocycles. The molecule has 2 rings (SSSR count). The quantitative estimate of drug-likeness (QED) is 0.705. The van der Waals surface area contributed by atoms with Crippen LogP contribution in [0, 0.1) is 0 Å². The number of aliphatic hydroxyl groups excluding tert-OH is 2. The predicted octanol–water partition coefficient (Wildman–Crippen LogP) is 0.277. The third-order valence-electron chi connectivity index (χ3n) is 2.35. The summed E-state index contributed by atoms with van der Waals surface area (Å²) in [6, 6.07) is 1.77. The zero-order valence-corrected chi connectivity index (χ0v) is 8.22. The summed E-state index contributed by atoms with van der Waals surface area (Å²) in [6.07, 6.45) is 1.80. The van der Waals surface area contributed by atoms with Crippen LogP contribution in [-0.4, -0.2) is 40.5 Å². The molecular weight excluding hydrogens is 204 g/mol. The van der Waals surface area contributed by atoms with Gasteiger partial charge in [-0.2, -0.15) is 0 Å². The summed E-state index contributed by atoms with van der Waals surface area (Å²) in [7, 11) is 0. The second-order valence-corrected chi connectivity index (χ2v) is 3.77. The maximum atomic E-state index is 9.37. The lowest BCUT2D eigenvalue weighted by atomic mass is 10.3. The molecule has 0 amide bonds. The van der Waals surface area contributed by atoms with Gasteiger partial charge in [0.15, 0.2) is 0 Å². The molecule has 1 aliphatic heterocycles. The van der Waals surface area contributed by atoms with E-state index in [1.807, 2.05) is 4.90 Å². The first kappa shape index (κ1) is 9.71. The molecule has 0 saturated carbocycles. The number of hydrogen-bond donors (Lipinski definition) is 2. The molecule has 0 bridgehead atoms. The average Bonchev–Trinajstić information content (AvgIpc) is 2.48. The zero-order valence-electron chi connectivity index (χ0n) is 7.47. The van der Waals surface area contributed by atoms with Crippen molar-refractivity contribution < 1.29 is 10.2 Å². The normalized spacial score (nSPS) is 26.9. The van der Waals surface area contributed by atoms with Crippen molar-refractivity contribution in [1.29, 1.82) is 0 Å². The topological polar surface area (TPSA) is 56.6 Å². The Hall–Kier alpha value is -0.840. The van der Waals surface area contributed by atoms with E-state index >= 15 is 0 Å². The van der Waals surface area contributed by atoms with E-state index in [9.17, 15) is 10.2 Å². The van der Waals surface area contributed by atoms with E-state index in [0.29, 0.717) is 18.1 Å². The van der Waals surface area contributed by atoms with Gasteiger partial charge in [0.25, 0.3) is 0 Å². The fraction of sp³-hybridized carbons (Fsp3) is 0.444. The highest BCUT2D eigenvalue weighted by atomic mass is 35.5. The van der Waals surface area contributed by atoms with Crippen molar-refractivity contribution in [1.82, 2.24) is 4.98 Å². The van der Waals surface area contributed by atoms with Crippen LogP contribution in [0.2, 0.25) is 5.02 Å². The van der Waals surface area contributed by atoms with Gasteiger partial charge >= 0.3 is 0 Å². The molecule has 14 heavy (non-hydrogen) atoms. The minimum Gasteiger partial charge on any atom is -0.389 e. The number of aliphatic hydroxyl groups is 2. The third-order valence-corrected chi connectivity index (χ3v) is 2.64. The fourth-order valence-electron chi connectivity index (χ4n) is 1.59. The van der Waals surface area contributed by atoms with E-state index < -0.39 is 12.2 Å². The molecule has 76 valence electrons. The Kier molecular flexibility index (Phi) is 2.58. The number of nitrogens with zero attached hydrogens (tertiary/aromatic N) is 2.